The van der Waals surface area contributed by atoms with Crippen LogP contribution in [0.15, 0.2) is 0 Å². The first-order valence-corrected chi connectivity index (χ1v) is 7.94. The van der Waals surface area contributed by atoms with Crippen molar-refractivity contribution in [2.45, 2.75) is 46.1 Å². The Bertz CT molecular complexity index is 442. The van der Waals surface area contributed by atoms with E-state index < -0.39 is 0 Å². The van der Waals surface area contributed by atoms with Crippen molar-refractivity contribution in [3.05, 3.63) is 4.88 Å². The largest absolute Gasteiger partial charge is 0.382 e. The maximum atomic E-state index is 12.6. The van der Waals surface area contributed by atoms with Gasteiger partial charge in [0.05, 0.1) is 0 Å². The molecule has 6 heteroatoms. The molecule has 0 radical (unpaired) electrons. The third-order valence-electron chi connectivity index (χ3n) is 3.11. The predicted octanol–water partition coefficient (Wildman–Crippen LogP) is 2.83. The van der Waals surface area contributed by atoms with Gasteiger partial charge in [-0.05, 0) is 20.3 Å². The van der Waals surface area contributed by atoms with Crippen LogP contribution in [0.2, 0.25) is 0 Å². The zero-order valence-corrected chi connectivity index (χ0v) is 14.0. The molecule has 0 unspecified atom stereocenters. The second-order valence-corrected chi connectivity index (χ2v) is 6.38. The molecule has 0 aromatic carbocycles. The molecule has 0 aliphatic rings. The number of unbranched alkanes of at least 4 members (excludes halogenated alkanes) is 2. The number of rotatable bonds is 7. The van der Waals surface area contributed by atoms with Crippen molar-refractivity contribution in [1.29, 1.82) is 0 Å². The monoisotopic (exact) mass is 298 g/mol. The molecule has 2 N–H and O–H groups in total. The van der Waals surface area contributed by atoms with E-state index in [-0.39, 0.29) is 11.9 Å². The standard InChI is InChI=1S/C14H26N4OS/c1-6-7-8-9-18(10(2)3)13(19)11-12(15)16-14(20-11)17(4)5/h10H,6-9,15H2,1-5H3. The van der Waals surface area contributed by atoms with Gasteiger partial charge in [0.25, 0.3) is 5.91 Å². The summed E-state index contributed by atoms with van der Waals surface area (Å²) in [5, 5.41) is 0.767. The fraction of sp³-hybridized carbons (Fsp3) is 0.714. The van der Waals surface area contributed by atoms with Gasteiger partial charge in [0.1, 0.15) is 10.7 Å². The predicted molar refractivity (Wildman–Crippen MR) is 86.6 cm³/mol. The van der Waals surface area contributed by atoms with Crippen LogP contribution in [0.5, 0.6) is 0 Å². The Morgan fingerprint density at radius 1 is 1.35 bits per heavy atom. The SMILES string of the molecule is CCCCCN(C(=O)c1sc(N(C)C)nc1N)C(C)C. The third-order valence-corrected chi connectivity index (χ3v) is 4.33. The Morgan fingerprint density at radius 2 is 2.00 bits per heavy atom. The van der Waals surface area contributed by atoms with Gasteiger partial charge in [-0.15, -0.1) is 0 Å². The molecule has 5 nitrogen and oxygen atoms in total. The fourth-order valence-electron chi connectivity index (χ4n) is 1.92. The lowest BCUT2D eigenvalue weighted by molar-refractivity contribution is 0.0708. The summed E-state index contributed by atoms with van der Waals surface area (Å²) in [5.41, 5.74) is 5.90. The highest BCUT2D eigenvalue weighted by Gasteiger charge is 2.24. The average molecular weight is 298 g/mol. The van der Waals surface area contributed by atoms with Crippen LogP contribution in [0.4, 0.5) is 10.9 Å². The van der Waals surface area contributed by atoms with Crippen molar-refractivity contribution < 1.29 is 4.79 Å². The van der Waals surface area contributed by atoms with Gasteiger partial charge in [0.15, 0.2) is 5.13 Å². The number of aromatic nitrogens is 1. The lowest BCUT2D eigenvalue weighted by Crippen LogP contribution is -2.37. The molecule has 1 amide bonds. The molecule has 0 saturated heterocycles. The average Bonchev–Trinajstić information content (AvgIpc) is 2.76. The minimum Gasteiger partial charge on any atom is -0.382 e. The third kappa shape index (κ3) is 4.10. The summed E-state index contributed by atoms with van der Waals surface area (Å²) in [7, 11) is 3.79. The molecule has 1 aromatic rings. The van der Waals surface area contributed by atoms with Crippen molar-refractivity contribution in [1.82, 2.24) is 9.88 Å². The summed E-state index contributed by atoms with van der Waals surface area (Å²) >= 11 is 1.36. The molecule has 1 aromatic heterocycles. The van der Waals surface area contributed by atoms with E-state index >= 15 is 0 Å². The zero-order chi connectivity index (χ0) is 15.3. The molecule has 0 aliphatic heterocycles. The van der Waals surface area contributed by atoms with Crippen LogP contribution < -0.4 is 10.6 Å². The topological polar surface area (TPSA) is 62.5 Å². The molecule has 0 fully saturated rings. The van der Waals surface area contributed by atoms with Crippen LogP contribution in [0.1, 0.15) is 49.7 Å². The summed E-state index contributed by atoms with van der Waals surface area (Å²) < 4.78 is 0. The molecular weight excluding hydrogens is 272 g/mol. The number of nitrogens with zero attached hydrogens (tertiary/aromatic N) is 3. The normalized spacial score (nSPS) is 10.9. The number of nitrogens with two attached hydrogens (primary N) is 1. The van der Waals surface area contributed by atoms with Gasteiger partial charge in [-0.25, -0.2) is 4.98 Å². The molecule has 0 atom stereocenters. The van der Waals surface area contributed by atoms with Gasteiger partial charge < -0.3 is 15.5 Å². The van der Waals surface area contributed by atoms with Crippen LogP contribution in [-0.2, 0) is 0 Å². The Hall–Kier alpha value is -1.30. The lowest BCUT2D eigenvalue weighted by Gasteiger charge is -2.26. The van der Waals surface area contributed by atoms with E-state index in [4.69, 9.17) is 5.73 Å². The van der Waals surface area contributed by atoms with Gasteiger partial charge in [-0.2, -0.15) is 0 Å². The Morgan fingerprint density at radius 3 is 2.45 bits per heavy atom. The number of carbonyl (C=O) groups excluding carboxylic acids is 1. The van der Waals surface area contributed by atoms with Crippen LogP contribution in [0.3, 0.4) is 0 Å². The van der Waals surface area contributed by atoms with E-state index in [0.29, 0.717) is 10.7 Å². The molecule has 1 heterocycles. The van der Waals surface area contributed by atoms with Gasteiger partial charge in [0, 0.05) is 26.7 Å². The van der Waals surface area contributed by atoms with E-state index in [1.165, 1.54) is 11.3 Å². The number of nitrogen functional groups attached to an aromatic ring is 1. The van der Waals surface area contributed by atoms with E-state index in [0.717, 1.165) is 30.9 Å². The Kier molecular flexibility index (Phi) is 6.26. The smallest absolute Gasteiger partial charge is 0.268 e. The lowest BCUT2D eigenvalue weighted by atomic mass is 10.2. The van der Waals surface area contributed by atoms with Crippen molar-refractivity contribution in [3.63, 3.8) is 0 Å². The minimum atomic E-state index is -0.000738. The quantitative estimate of drug-likeness (QED) is 0.786. The van der Waals surface area contributed by atoms with Crippen LogP contribution in [0.25, 0.3) is 0 Å². The molecule has 1 rings (SSSR count). The Labute approximate surface area is 125 Å². The first-order valence-electron chi connectivity index (χ1n) is 7.13. The second kappa shape index (κ2) is 7.47. The van der Waals surface area contributed by atoms with Crippen molar-refractivity contribution >= 4 is 28.2 Å². The summed E-state index contributed by atoms with van der Waals surface area (Å²) in [5.74, 6) is 0.337. The number of anilines is 2. The molecular formula is C14H26N4OS. The second-order valence-electron chi connectivity index (χ2n) is 5.40. The first kappa shape index (κ1) is 16.8. The highest BCUT2D eigenvalue weighted by atomic mass is 32.1. The number of carbonyl (C=O) groups is 1. The summed E-state index contributed by atoms with van der Waals surface area (Å²) in [6.45, 7) is 7.01. The first-order chi connectivity index (χ1) is 9.38. The van der Waals surface area contributed by atoms with Crippen molar-refractivity contribution in [2.75, 3.05) is 31.3 Å². The van der Waals surface area contributed by atoms with Crippen LogP contribution in [-0.4, -0.2) is 42.5 Å². The summed E-state index contributed by atoms with van der Waals surface area (Å²) in [6.07, 6.45) is 3.31. The van der Waals surface area contributed by atoms with Crippen molar-refractivity contribution in [3.8, 4) is 0 Å². The van der Waals surface area contributed by atoms with E-state index in [9.17, 15) is 4.79 Å². The molecule has 20 heavy (non-hydrogen) atoms. The molecule has 0 spiro atoms. The minimum absolute atomic E-state index is 0.000738. The van der Waals surface area contributed by atoms with Crippen molar-refractivity contribution in [2.24, 2.45) is 0 Å². The molecule has 114 valence electrons. The zero-order valence-electron chi connectivity index (χ0n) is 13.1. The van der Waals surface area contributed by atoms with E-state index in [1.807, 2.05) is 37.7 Å². The highest BCUT2D eigenvalue weighted by Crippen LogP contribution is 2.28. The van der Waals surface area contributed by atoms with E-state index in [1.54, 1.807) is 0 Å². The van der Waals surface area contributed by atoms with Gasteiger partial charge in [-0.1, -0.05) is 31.1 Å². The molecule has 0 aliphatic carbocycles. The molecule has 0 bridgehead atoms. The van der Waals surface area contributed by atoms with Crippen LogP contribution in [0, 0.1) is 0 Å². The number of hydrogen-bond acceptors (Lipinski definition) is 5. The van der Waals surface area contributed by atoms with Gasteiger partial charge in [0.2, 0.25) is 0 Å². The summed E-state index contributed by atoms with van der Waals surface area (Å²) in [4.78, 5) is 21.2. The number of amides is 1. The van der Waals surface area contributed by atoms with E-state index in [2.05, 4.69) is 11.9 Å². The number of hydrogen-bond donors (Lipinski definition) is 1. The van der Waals surface area contributed by atoms with Crippen LogP contribution >= 0.6 is 11.3 Å². The highest BCUT2D eigenvalue weighted by molar-refractivity contribution is 7.18. The number of thiazole rings is 1. The van der Waals surface area contributed by atoms with Gasteiger partial charge in [-0.3, -0.25) is 4.79 Å². The Balaban J connectivity index is 2.88. The molecule has 0 saturated carbocycles. The maximum Gasteiger partial charge on any atom is 0.268 e. The maximum absolute atomic E-state index is 12.6. The summed E-state index contributed by atoms with van der Waals surface area (Å²) in [6, 6.07) is 0.170. The van der Waals surface area contributed by atoms with Gasteiger partial charge >= 0.3 is 0 Å². The fourth-order valence-corrected chi connectivity index (χ4v) is 2.79.